The van der Waals surface area contributed by atoms with Gasteiger partial charge in [0.25, 0.3) is 0 Å². The van der Waals surface area contributed by atoms with Crippen molar-refractivity contribution in [3.05, 3.63) is 65.6 Å². The molecular formula is C21H22N4O. The summed E-state index contributed by atoms with van der Waals surface area (Å²) in [6, 6.07) is 15.1. The maximum absolute atomic E-state index is 5.81. The van der Waals surface area contributed by atoms with Crippen LogP contribution in [0, 0.1) is 6.92 Å². The van der Waals surface area contributed by atoms with Gasteiger partial charge in [0.05, 0.1) is 23.7 Å². The van der Waals surface area contributed by atoms with Crippen molar-refractivity contribution < 1.29 is 4.74 Å². The first-order chi connectivity index (χ1) is 12.8. The Bertz CT molecular complexity index is 1080. The van der Waals surface area contributed by atoms with Gasteiger partial charge in [-0.1, -0.05) is 30.3 Å². The predicted molar refractivity (Wildman–Crippen MR) is 103 cm³/mol. The molecule has 0 radical (unpaired) electrons. The Hall–Kier alpha value is -2.63. The molecule has 132 valence electrons. The minimum Gasteiger partial charge on any atom is -0.371 e. The van der Waals surface area contributed by atoms with E-state index in [1.54, 1.807) is 0 Å². The molecule has 0 bridgehead atoms. The van der Waals surface area contributed by atoms with Gasteiger partial charge in [-0.2, -0.15) is 0 Å². The van der Waals surface area contributed by atoms with Crippen molar-refractivity contribution in [3.8, 4) is 0 Å². The number of benzene rings is 2. The number of H-pyrrole nitrogens is 1. The second-order valence-corrected chi connectivity index (χ2v) is 7.00. The minimum absolute atomic E-state index is 0.260. The molecule has 0 aliphatic carbocycles. The summed E-state index contributed by atoms with van der Waals surface area (Å²) in [5.74, 6) is 1.03. The van der Waals surface area contributed by atoms with Crippen LogP contribution in [0.3, 0.4) is 0 Å². The number of rotatable bonds is 4. The SMILES string of the molecule is Cc1cccc2c1nc1n2C(CNCc2c[nH]c3ccccc23)COC1. The third-order valence-electron chi connectivity index (χ3n) is 5.27. The van der Waals surface area contributed by atoms with Gasteiger partial charge in [-0.25, -0.2) is 4.98 Å². The van der Waals surface area contributed by atoms with Crippen LogP contribution in [-0.2, 0) is 17.9 Å². The van der Waals surface area contributed by atoms with Crippen molar-refractivity contribution >= 4 is 21.9 Å². The Balaban J connectivity index is 1.37. The van der Waals surface area contributed by atoms with Crippen LogP contribution in [0.1, 0.15) is 23.0 Å². The van der Waals surface area contributed by atoms with Crippen LogP contribution >= 0.6 is 0 Å². The minimum atomic E-state index is 0.260. The van der Waals surface area contributed by atoms with Crippen molar-refractivity contribution in [1.29, 1.82) is 0 Å². The molecule has 1 atom stereocenters. The summed E-state index contributed by atoms with van der Waals surface area (Å²) in [6.07, 6.45) is 2.09. The summed E-state index contributed by atoms with van der Waals surface area (Å²) in [5.41, 5.74) is 6.00. The highest BCUT2D eigenvalue weighted by Crippen LogP contribution is 2.27. The van der Waals surface area contributed by atoms with E-state index in [1.165, 1.54) is 27.5 Å². The standard InChI is InChI=1S/C21H22N4O/c1-14-5-4-8-19-21(14)24-20-13-26-12-16(25(19)20)11-22-9-15-10-23-18-7-3-2-6-17(15)18/h2-8,10,16,22-23H,9,11-13H2,1H3. The van der Waals surface area contributed by atoms with Gasteiger partial charge in [-0.05, 0) is 30.2 Å². The van der Waals surface area contributed by atoms with Gasteiger partial charge in [-0.15, -0.1) is 0 Å². The van der Waals surface area contributed by atoms with E-state index >= 15 is 0 Å². The summed E-state index contributed by atoms with van der Waals surface area (Å²) in [5, 5.41) is 4.89. The maximum atomic E-state index is 5.81. The maximum Gasteiger partial charge on any atom is 0.136 e. The van der Waals surface area contributed by atoms with Gasteiger partial charge >= 0.3 is 0 Å². The molecule has 2 N–H and O–H groups in total. The Morgan fingerprint density at radius 1 is 1.23 bits per heavy atom. The molecule has 2 aromatic carbocycles. The molecule has 26 heavy (non-hydrogen) atoms. The molecule has 0 amide bonds. The van der Waals surface area contributed by atoms with E-state index in [0.717, 1.165) is 24.4 Å². The molecule has 2 aromatic heterocycles. The number of aromatic nitrogens is 3. The van der Waals surface area contributed by atoms with Crippen molar-refractivity contribution in [3.63, 3.8) is 0 Å². The average Bonchev–Trinajstić information content (AvgIpc) is 3.25. The van der Waals surface area contributed by atoms with Crippen LogP contribution in [0.5, 0.6) is 0 Å². The van der Waals surface area contributed by atoms with Crippen molar-refractivity contribution in [2.45, 2.75) is 26.1 Å². The van der Waals surface area contributed by atoms with Gasteiger partial charge in [0.1, 0.15) is 12.4 Å². The third kappa shape index (κ3) is 2.52. The van der Waals surface area contributed by atoms with Gasteiger partial charge in [0.2, 0.25) is 0 Å². The number of aromatic amines is 1. The Kier molecular flexibility index (Phi) is 3.76. The lowest BCUT2D eigenvalue weighted by molar-refractivity contribution is 0.0564. The zero-order chi connectivity index (χ0) is 17.5. The molecule has 4 aromatic rings. The van der Waals surface area contributed by atoms with Crippen LogP contribution in [0.15, 0.2) is 48.7 Å². The normalized spacial score (nSPS) is 17.0. The molecule has 5 rings (SSSR count). The first kappa shape index (κ1) is 15.6. The Labute approximate surface area is 152 Å². The molecule has 1 aliphatic heterocycles. The molecule has 0 saturated carbocycles. The van der Waals surface area contributed by atoms with Crippen molar-refractivity contribution in [2.24, 2.45) is 0 Å². The molecule has 5 nitrogen and oxygen atoms in total. The lowest BCUT2D eigenvalue weighted by atomic mass is 10.1. The fourth-order valence-corrected chi connectivity index (χ4v) is 3.98. The highest BCUT2D eigenvalue weighted by molar-refractivity contribution is 5.83. The van der Waals surface area contributed by atoms with Crippen LogP contribution < -0.4 is 5.32 Å². The fourth-order valence-electron chi connectivity index (χ4n) is 3.98. The van der Waals surface area contributed by atoms with E-state index in [9.17, 15) is 0 Å². The van der Waals surface area contributed by atoms with Crippen LogP contribution in [-0.4, -0.2) is 27.7 Å². The van der Waals surface area contributed by atoms with E-state index in [4.69, 9.17) is 9.72 Å². The van der Waals surface area contributed by atoms with Crippen LogP contribution in [0.25, 0.3) is 21.9 Å². The summed E-state index contributed by atoms with van der Waals surface area (Å²) in [6.45, 7) is 5.11. The predicted octanol–water partition coefficient (Wildman–Crippen LogP) is 3.69. The topological polar surface area (TPSA) is 54.9 Å². The number of hydrogen-bond acceptors (Lipinski definition) is 3. The number of nitrogens with zero attached hydrogens (tertiary/aromatic N) is 2. The Morgan fingerprint density at radius 3 is 3.12 bits per heavy atom. The zero-order valence-corrected chi connectivity index (χ0v) is 14.8. The second kappa shape index (κ2) is 6.27. The number of hydrogen-bond donors (Lipinski definition) is 2. The largest absolute Gasteiger partial charge is 0.371 e. The zero-order valence-electron chi connectivity index (χ0n) is 14.8. The number of fused-ring (bicyclic) bond motifs is 4. The molecular weight excluding hydrogens is 324 g/mol. The molecule has 3 heterocycles. The summed E-state index contributed by atoms with van der Waals surface area (Å²) in [7, 11) is 0. The molecule has 1 unspecified atom stereocenters. The van der Waals surface area contributed by atoms with Gasteiger partial charge < -0.3 is 19.6 Å². The number of para-hydroxylation sites is 2. The number of imidazole rings is 1. The van der Waals surface area contributed by atoms with Gasteiger partial charge in [0, 0.05) is 30.2 Å². The Morgan fingerprint density at radius 2 is 2.15 bits per heavy atom. The van der Waals surface area contributed by atoms with E-state index in [0.29, 0.717) is 13.2 Å². The number of ether oxygens (including phenoxy) is 1. The smallest absolute Gasteiger partial charge is 0.136 e. The molecule has 5 heteroatoms. The first-order valence-electron chi connectivity index (χ1n) is 9.11. The molecule has 0 fully saturated rings. The molecule has 1 aliphatic rings. The van der Waals surface area contributed by atoms with E-state index < -0.39 is 0 Å². The second-order valence-electron chi connectivity index (χ2n) is 7.00. The lowest BCUT2D eigenvalue weighted by Crippen LogP contribution is -2.32. The average molecular weight is 346 g/mol. The van der Waals surface area contributed by atoms with Crippen molar-refractivity contribution in [2.75, 3.05) is 13.2 Å². The highest BCUT2D eigenvalue weighted by Gasteiger charge is 2.24. The monoisotopic (exact) mass is 346 g/mol. The molecule has 0 spiro atoms. The van der Waals surface area contributed by atoms with E-state index in [2.05, 4.69) is 70.5 Å². The number of aryl methyl sites for hydroxylation is 1. The van der Waals surface area contributed by atoms with Gasteiger partial charge in [0.15, 0.2) is 0 Å². The van der Waals surface area contributed by atoms with E-state index in [1.807, 2.05) is 0 Å². The summed E-state index contributed by atoms with van der Waals surface area (Å²) >= 11 is 0. The number of nitrogens with one attached hydrogen (secondary N) is 2. The lowest BCUT2D eigenvalue weighted by Gasteiger charge is -2.26. The van der Waals surface area contributed by atoms with Crippen LogP contribution in [0.4, 0.5) is 0 Å². The van der Waals surface area contributed by atoms with Crippen molar-refractivity contribution in [1.82, 2.24) is 19.9 Å². The molecule has 0 saturated heterocycles. The summed E-state index contributed by atoms with van der Waals surface area (Å²) in [4.78, 5) is 8.15. The first-order valence-corrected chi connectivity index (χ1v) is 9.11. The fraction of sp³-hybridized carbons (Fsp3) is 0.286. The third-order valence-corrected chi connectivity index (χ3v) is 5.27. The highest BCUT2D eigenvalue weighted by atomic mass is 16.5. The quantitative estimate of drug-likeness (QED) is 0.593. The van der Waals surface area contributed by atoms with E-state index in [-0.39, 0.29) is 6.04 Å². The van der Waals surface area contributed by atoms with Crippen LogP contribution in [0.2, 0.25) is 0 Å². The summed E-state index contributed by atoms with van der Waals surface area (Å²) < 4.78 is 8.16. The van der Waals surface area contributed by atoms with Gasteiger partial charge in [-0.3, -0.25) is 0 Å².